The van der Waals surface area contributed by atoms with Gasteiger partial charge in [0.15, 0.2) is 0 Å². The predicted octanol–water partition coefficient (Wildman–Crippen LogP) is 11.5. The minimum Gasteiger partial charge on any atom is -0.497 e. The highest BCUT2D eigenvalue weighted by Crippen LogP contribution is 2.40. The van der Waals surface area contributed by atoms with Gasteiger partial charge in [-0.1, -0.05) is 0 Å². The van der Waals surface area contributed by atoms with Crippen LogP contribution in [0.2, 0.25) is 0 Å². The molecule has 2 unspecified atom stereocenters. The Balaban J connectivity index is 0.000000260. The Hall–Kier alpha value is -3.54. The lowest BCUT2D eigenvalue weighted by Crippen LogP contribution is -2.45. The zero-order chi connectivity index (χ0) is 52.2. The molecular formula is C54H75Cl2F3I2N4O9. The summed E-state index contributed by atoms with van der Waals surface area (Å²) < 4.78 is 82.8. The van der Waals surface area contributed by atoms with Crippen LogP contribution in [0.3, 0.4) is 0 Å². The van der Waals surface area contributed by atoms with Crippen molar-refractivity contribution in [3.8, 4) is 46.0 Å². The quantitative estimate of drug-likeness (QED) is 0.117. The zero-order valence-electron chi connectivity index (χ0n) is 43.7. The summed E-state index contributed by atoms with van der Waals surface area (Å²) in [6.45, 7) is 6.62. The summed E-state index contributed by atoms with van der Waals surface area (Å²) in [4.78, 5) is 12.3. The molecule has 13 nitrogen and oxygen atoms in total. The third-order valence-corrected chi connectivity index (χ3v) is 15.2. The van der Waals surface area contributed by atoms with Crippen LogP contribution < -0.4 is 53.8 Å². The van der Waals surface area contributed by atoms with E-state index in [2.05, 4.69) is 91.5 Å². The van der Waals surface area contributed by atoms with Gasteiger partial charge in [0.25, 0.3) is 0 Å². The third-order valence-electron chi connectivity index (χ3n) is 13.5. The Labute approximate surface area is 475 Å². The first kappa shape index (κ1) is 64.7. The number of methoxy groups -OCH3 is 8. The highest BCUT2D eigenvalue weighted by Gasteiger charge is 2.44. The standard InChI is InChI=1S/C15H18F3NO3.2C13H18INO2.C13H19NO2.2ClH/c1-21-11-5-6-13(22-2)12(8-11)10-4-3-7-19(9-10)14(20)15(16,17)18;2*1-16-12-7-11(14)13(17-2)6-10(12)9-4-3-5-15-8-9;1-15-11-5-6-13(16-2)12(8-11)10-4-3-7-14-9-10;;/h5-6,8,10H,3-4,7,9H2,1-2H3;2*6-7,9,15H,3-5,8H2,1-2H3;5-6,8,10,14H,3-4,7,9H2,1-2H3;2*1H/t;2*9-;;;/m.10.../s1. The molecule has 4 aliphatic rings. The van der Waals surface area contributed by atoms with E-state index in [9.17, 15) is 18.0 Å². The van der Waals surface area contributed by atoms with Gasteiger partial charge in [-0.2, -0.15) is 13.2 Å². The summed E-state index contributed by atoms with van der Waals surface area (Å²) in [5.74, 6) is 6.52. The van der Waals surface area contributed by atoms with Crippen molar-refractivity contribution in [3.63, 3.8) is 0 Å². The first-order valence-electron chi connectivity index (χ1n) is 24.5. The molecule has 3 N–H and O–H groups in total. The first-order chi connectivity index (χ1) is 34.7. The van der Waals surface area contributed by atoms with Gasteiger partial charge in [0, 0.05) is 78.6 Å². The summed E-state index contributed by atoms with van der Waals surface area (Å²) >= 11 is 4.55. The van der Waals surface area contributed by atoms with Gasteiger partial charge in [-0.25, -0.2) is 0 Å². The number of nitrogens with one attached hydrogen (secondary N) is 3. The van der Waals surface area contributed by atoms with Gasteiger partial charge in [-0.3, -0.25) is 4.79 Å². The predicted molar refractivity (Wildman–Crippen MR) is 307 cm³/mol. The van der Waals surface area contributed by atoms with Crippen molar-refractivity contribution in [1.82, 2.24) is 20.9 Å². The second-order valence-electron chi connectivity index (χ2n) is 17.9. The third kappa shape index (κ3) is 18.3. The van der Waals surface area contributed by atoms with Crippen molar-refractivity contribution in [2.75, 3.05) is 109 Å². The molecule has 20 heteroatoms. The van der Waals surface area contributed by atoms with Crippen molar-refractivity contribution in [1.29, 1.82) is 0 Å². The normalized spacial score (nSPS) is 19.3. The number of rotatable bonds is 12. The topological polar surface area (TPSA) is 130 Å². The Morgan fingerprint density at radius 3 is 1.16 bits per heavy atom. The monoisotopic (exact) mass is 1300 g/mol. The molecule has 74 heavy (non-hydrogen) atoms. The molecule has 4 aliphatic heterocycles. The van der Waals surface area contributed by atoms with Crippen molar-refractivity contribution in [2.24, 2.45) is 0 Å². The van der Waals surface area contributed by atoms with E-state index in [1.165, 1.54) is 69.4 Å². The summed E-state index contributed by atoms with van der Waals surface area (Å²) in [5.41, 5.74) is 4.55. The van der Waals surface area contributed by atoms with Crippen molar-refractivity contribution < 1.29 is 55.9 Å². The van der Waals surface area contributed by atoms with E-state index >= 15 is 0 Å². The van der Waals surface area contributed by atoms with Crippen LogP contribution in [0.15, 0.2) is 60.7 Å². The molecule has 4 atom stereocenters. The smallest absolute Gasteiger partial charge is 0.471 e. The van der Waals surface area contributed by atoms with E-state index in [1.54, 1.807) is 60.9 Å². The molecule has 0 saturated carbocycles. The number of carbonyl (C=O) groups is 1. The summed E-state index contributed by atoms with van der Waals surface area (Å²) in [6, 6.07) is 19.6. The highest BCUT2D eigenvalue weighted by molar-refractivity contribution is 14.1. The van der Waals surface area contributed by atoms with Crippen molar-refractivity contribution in [2.45, 2.75) is 81.2 Å². The van der Waals surface area contributed by atoms with Gasteiger partial charge in [0.05, 0.1) is 64.0 Å². The minimum absolute atomic E-state index is 0. The number of hydrogen-bond acceptors (Lipinski definition) is 12. The maximum absolute atomic E-state index is 12.6. The van der Waals surface area contributed by atoms with Crippen LogP contribution in [0.4, 0.5) is 13.2 Å². The molecule has 0 spiro atoms. The van der Waals surface area contributed by atoms with Gasteiger partial charge in [-0.05, 0) is 177 Å². The van der Waals surface area contributed by atoms with E-state index in [0.717, 1.165) is 91.4 Å². The minimum atomic E-state index is -4.83. The molecule has 0 aromatic heterocycles. The second-order valence-corrected chi connectivity index (χ2v) is 20.2. The van der Waals surface area contributed by atoms with Crippen LogP contribution in [0.25, 0.3) is 0 Å². The number of benzene rings is 4. The molecule has 4 saturated heterocycles. The lowest BCUT2D eigenvalue weighted by atomic mass is 9.89. The number of piperidine rings is 4. The average molecular weight is 1310 g/mol. The number of likely N-dealkylation sites (tertiary alicyclic amines) is 1. The molecule has 8 rings (SSSR count). The summed E-state index contributed by atoms with van der Waals surface area (Å²) in [7, 11) is 13.3. The first-order valence-corrected chi connectivity index (χ1v) is 26.6. The molecule has 1 amide bonds. The van der Waals surface area contributed by atoms with Crippen LogP contribution in [0.5, 0.6) is 46.0 Å². The molecule has 414 valence electrons. The molecule has 0 bridgehead atoms. The maximum Gasteiger partial charge on any atom is 0.471 e. The summed E-state index contributed by atoms with van der Waals surface area (Å²) in [5, 5.41) is 10.3. The van der Waals surface area contributed by atoms with Crippen LogP contribution in [0, 0.1) is 7.14 Å². The SMILES string of the molecule is COc1cc([C@@H]2CCCNC2)c(OC)cc1I.COc1cc([C@H]2CCCNC2)c(OC)cc1I.COc1ccc(OC)c(C2CCCN(C(=O)C(F)(F)F)C2)c1.COc1ccc(OC)c(C2CCCNC2)c1.Cl.Cl. The van der Waals surface area contributed by atoms with E-state index in [4.69, 9.17) is 37.9 Å². The lowest BCUT2D eigenvalue weighted by molar-refractivity contribution is -0.186. The number of ether oxygens (including phenoxy) is 8. The van der Waals surface area contributed by atoms with Gasteiger partial charge in [0.1, 0.15) is 46.0 Å². The van der Waals surface area contributed by atoms with E-state index in [-0.39, 0.29) is 43.8 Å². The Kier molecular flexibility index (Phi) is 28.8. The number of nitrogens with zero attached hydrogens (tertiary/aromatic N) is 1. The fourth-order valence-corrected chi connectivity index (χ4v) is 11.0. The summed E-state index contributed by atoms with van der Waals surface area (Å²) in [6.07, 6.45) is 3.71. The Morgan fingerprint density at radius 1 is 0.486 bits per heavy atom. The van der Waals surface area contributed by atoms with E-state index in [1.807, 2.05) is 12.1 Å². The van der Waals surface area contributed by atoms with Gasteiger partial charge in [-0.15, -0.1) is 24.8 Å². The number of alkyl halides is 3. The van der Waals surface area contributed by atoms with Crippen molar-refractivity contribution >= 4 is 75.9 Å². The lowest BCUT2D eigenvalue weighted by Gasteiger charge is -2.34. The molecule has 4 heterocycles. The van der Waals surface area contributed by atoms with Crippen LogP contribution in [-0.2, 0) is 4.79 Å². The molecular weight excluding hydrogens is 1230 g/mol. The maximum atomic E-state index is 12.6. The molecule has 4 aromatic carbocycles. The van der Waals surface area contributed by atoms with Gasteiger partial charge >= 0.3 is 12.1 Å². The largest absolute Gasteiger partial charge is 0.497 e. The van der Waals surface area contributed by atoms with Crippen LogP contribution in [0.1, 0.15) is 97.3 Å². The van der Waals surface area contributed by atoms with Crippen molar-refractivity contribution in [3.05, 3.63) is 90.1 Å². The van der Waals surface area contributed by atoms with Gasteiger partial charge in [0.2, 0.25) is 0 Å². The molecule has 4 aromatic rings. The molecule has 4 fully saturated rings. The molecule has 0 radical (unpaired) electrons. The van der Waals surface area contributed by atoms with E-state index in [0.29, 0.717) is 42.1 Å². The number of carbonyl (C=O) groups excluding carboxylic acids is 1. The Morgan fingerprint density at radius 2 is 0.838 bits per heavy atom. The average Bonchev–Trinajstić information content (AvgIpc) is 3.43. The fraction of sp³-hybridized carbons (Fsp3) is 0.537. The van der Waals surface area contributed by atoms with Gasteiger partial charge < -0.3 is 58.7 Å². The number of halogens is 7. The zero-order valence-corrected chi connectivity index (χ0v) is 49.7. The molecule has 0 aliphatic carbocycles. The number of hydrogen-bond donors (Lipinski definition) is 3. The van der Waals surface area contributed by atoms with Crippen LogP contribution in [-0.4, -0.2) is 126 Å². The fourth-order valence-electron chi connectivity index (χ4n) is 9.67. The Bertz CT molecular complexity index is 2250. The van der Waals surface area contributed by atoms with Crippen LogP contribution >= 0.6 is 70.0 Å². The van der Waals surface area contributed by atoms with E-state index < -0.39 is 12.1 Å². The second kappa shape index (κ2) is 32.9. The number of amides is 1. The highest BCUT2D eigenvalue weighted by atomic mass is 127.